The predicted octanol–water partition coefficient (Wildman–Crippen LogP) is 2.33. The molecule has 0 aliphatic carbocycles. The van der Waals surface area contributed by atoms with Crippen molar-refractivity contribution in [1.82, 2.24) is 10.3 Å². The molecule has 1 fully saturated rings. The van der Waals surface area contributed by atoms with E-state index in [0.29, 0.717) is 25.3 Å². The quantitative estimate of drug-likeness (QED) is 0.864. The van der Waals surface area contributed by atoms with Crippen LogP contribution < -0.4 is 11.1 Å². The Balaban J connectivity index is 0.00000192. The third-order valence-electron chi connectivity index (χ3n) is 3.68. The zero-order chi connectivity index (χ0) is 15.4. The zero-order valence-corrected chi connectivity index (χ0v) is 14.2. The number of nitrogens with two attached hydrogens (primary N) is 1. The minimum absolute atomic E-state index is 0. The number of aromatic nitrogens is 1. The largest absolute Gasteiger partial charge is 0.371 e. The van der Waals surface area contributed by atoms with Crippen molar-refractivity contribution in [2.75, 3.05) is 13.2 Å². The van der Waals surface area contributed by atoms with Gasteiger partial charge in [-0.2, -0.15) is 0 Å². The summed E-state index contributed by atoms with van der Waals surface area (Å²) in [6, 6.07) is 9.97. The van der Waals surface area contributed by atoms with Crippen molar-refractivity contribution in [1.29, 1.82) is 0 Å². The smallest absolute Gasteiger partial charge is 0.271 e. The molecule has 1 aliphatic heterocycles. The number of thiazole rings is 1. The van der Waals surface area contributed by atoms with Crippen molar-refractivity contribution >= 4 is 29.7 Å². The minimum Gasteiger partial charge on any atom is -0.371 e. The monoisotopic (exact) mass is 353 g/mol. The van der Waals surface area contributed by atoms with E-state index in [-0.39, 0.29) is 30.5 Å². The number of rotatable bonds is 5. The van der Waals surface area contributed by atoms with Crippen LogP contribution in [0.15, 0.2) is 35.7 Å². The molecule has 124 valence electrons. The first-order chi connectivity index (χ1) is 10.8. The number of hydrogen-bond acceptors (Lipinski definition) is 5. The molecule has 2 heterocycles. The Morgan fingerprint density at radius 2 is 2.17 bits per heavy atom. The summed E-state index contributed by atoms with van der Waals surface area (Å²) < 4.78 is 5.78. The number of nitrogens with one attached hydrogen (secondary N) is 1. The molecule has 0 radical (unpaired) electrons. The molecular weight excluding hydrogens is 334 g/mol. The summed E-state index contributed by atoms with van der Waals surface area (Å²) >= 11 is 1.47. The van der Waals surface area contributed by atoms with E-state index in [4.69, 9.17) is 10.5 Å². The Morgan fingerprint density at radius 1 is 1.39 bits per heavy atom. The molecule has 3 N–H and O–H groups in total. The molecule has 23 heavy (non-hydrogen) atoms. The van der Waals surface area contributed by atoms with Crippen LogP contribution in [0.5, 0.6) is 0 Å². The van der Waals surface area contributed by atoms with E-state index in [1.165, 1.54) is 11.3 Å². The van der Waals surface area contributed by atoms with Gasteiger partial charge in [0.05, 0.1) is 11.0 Å². The third kappa shape index (κ3) is 4.29. The molecule has 3 rings (SSSR count). The van der Waals surface area contributed by atoms with Gasteiger partial charge in [-0.15, -0.1) is 23.7 Å². The average molecular weight is 354 g/mol. The highest BCUT2D eigenvalue weighted by atomic mass is 35.5. The first kappa shape index (κ1) is 17.9. The van der Waals surface area contributed by atoms with Crippen LogP contribution >= 0.6 is 23.7 Å². The highest BCUT2D eigenvalue weighted by molar-refractivity contribution is 7.09. The first-order valence-corrected chi connectivity index (χ1v) is 8.28. The Hall–Kier alpha value is -1.47. The van der Waals surface area contributed by atoms with Gasteiger partial charge in [0.15, 0.2) is 0 Å². The van der Waals surface area contributed by atoms with Crippen LogP contribution in [0.3, 0.4) is 0 Å². The number of nitrogens with zero attached hydrogens (tertiary/aromatic N) is 1. The van der Waals surface area contributed by atoms with Gasteiger partial charge in [0.2, 0.25) is 0 Å². The lowest BCUT2D eigenvalue weighted by Crippen LogP contribution is -2.37. The lowest BCUT2D eigenvalue weighted by atomic mass is 10.0. The molecule has 1 aliphatic rings. The second kappa shape index (κ2) is 8.40. The van der Waals surface area contributed by atoms with E-state index in [1.54, 1.807) is 5.38 Å². The summed E-state index contributed by atoms with van der Waals surface area (Å²) in [6.07, 6.45) is 1.43. The second-order valence-corrected chi connectivity index (χ2v) is 6.18. The highest BCUT2D eigenvalue weighted by Gasteiger charge is 2.31. The van der Waals surface area contributed by atoms with Crippen LogP contribution in [0.2, 0.25) is 0 Å². The first-order valence-electron chi connectivity index (χ1n) is 7.40. The normalized spacial score (nSPS) is 20.0. The summed E-state index contributed by atoms with van der Waals surface area (Å²) in [5.41, 5.74) is 7.07. The molecule has 2 atom stereocenters. The van der Waals surface area contributed by atoms with Gasteiger partial charge in [-0.25, -0.2) is 4.98 Å². The lowest BCUT2D eigenvalue weighted by Gasteiger charge is -2.19. The van der Waals surface area contributed by atoms with Gasteiger partial charge in [-0.05, 0) is 18.5 Å². The number of halogens is 1. The third-order valence-corrected chi connectivity index (χ3v) is 4.59. The molecule has 0 saturated carbocycles. The van der Waals surface area contributed by atoms with Crippen molar-refractivity contribution in [3.8, 4) is 0 Å². The average Bonchev–Trinajstić information content (AvgIpc) is 3.18. The van der Waals surface area contributed by atoms with Crippen LogP contribution in [0.1, 0.15) is 33.6 Å². The molecule has 0 bridgehead atoms. The van der Waals surface area contributed by atoms with Gasteiger partial charge in [-0.3, -0.25) is 4.79 Å². The summed E-state index contributed by atoms with van der Waals surface area (Å²) in [7, 11) is 0. The summed E-state index contributed by atoms with van der Waals surface area (Å²) in [5.74, 6) is -0.143. The predicted molar refractivity (Wildman–Crippen MR) is 93.1 cm³/mol. The topological polar surface area (TPSA) is 77.2 Å². The zero-order valence-electron chi connectivity index (χ0n) is 12.6. The van der Waals surface area contributed by atoms with Crippen LogP contribution in [0.4, 0.5) is 0 Å². The van der Waals surface area contributed by atoms with Crippen molar-refractivity contribution in [2.45, 2.75) is 25.0 Å². The van der Waals surface area contributed by atoms with Gasteiger partial charge in [0, 0.05) is 18.4 Å². The molecule has 1 aromatic heterocycles. The Morgan fingerprint density at radius 3 is 2.91 bits per heavy atom. The fourth-order valence-electron chi connectivity index (χ4n) is 2.60. The maximum Gasteiger partial charge on any atom is 0.271 e. The summed E-state index contributed by atoms with van der Waals surface area (Å²) in [4.78, 5) is 16.7. The Bertz CT molecular complexity index is 635. The van der Waals surface area contributed by atoms with E-state index < -0.39 is 0 Å². The fourth-order valence-corrected chi connectivity index (χ4v) is 3.40. The standard InChI is InChI=1S/C16H19N3O2S.ClH/c17-8-6-14-18-13(10-22-14)16(20)19-12-7-9-21-15(12)11-4-2-1-3-5-11;/h1-5,10,12,15H,6-9,17H2,(H,19,20);1H. The SMILES string of the molecule is Cl.NCCc1nc(C(=O)NC2CCOC2c2ccccc2)cs1. The molecule has 1 saturated heterocycles. The number of benzene rings is 1. The van der Waals surface area contributed by atoms with E-state index in [1.807, 2.05) is 30.3 Å². The molecule has 1 amide bonds. The van der Waals surface area contributed by atoms with Crippen LogP contribution in [0, 0.1) is 0 Å². The Labute approximate surface area is 145 Å². The number of carbonyl (C=O) groups excluding carboxylic acids is 1. The second-order valence-electron chi connectivity index (χ2n) is 5.24. The number of ether oxygens (including phenoxy) is 1. The molecule has 2 unspecified atom stereocenters. The lowest BCUT2D eigenvalue weighted by molar-refractivity contribution is 0.0818. The van der Waals surface area contributed by atoms with Crippen LogP contribution in [0.25, 0.3) is 0 Å². The van der Waals surface area contributed by atoms with Crippen molar-refractivity contribution < 1.29 is 9.53 Å². The number of amides is 1. The molecule has 1 aromatic carbocycles. The van der Waals surface area contributed by atoms with Gasteiger partial charge < -0.3 is 15.8 Å². The summed E-state index contributed by atoms with van der Waals surface area (Å²) in [5, 5.41) is 5.73. The van der Waals surface area contributed by atoms with Crippen molar-refractivity contribution in [2.24, 2.45) is 5.73 Å². The van der Waals surface area contributed by atoms with Gasteiger partial charge in [-0.1, -0.05) is 30.3 Å². The van der Waals surface area contributed by atoms with E-state index in [9.17, 15) is 4.79 Å². The molecule has 5 nitrogen and oxygen atoms in total. The van der Waals surface area contributed by atoms with E-state index in [0.717, 1.165) is 17.0 Å². The number of hydrogen-bond donors (Lipinski definition) is 2. The van der Waals surface area contributed by atoms with Gasteiger partial charge in [0.25, 0.3) is 5.91 Å². The Kier molecular flexibility index (Phi) is 6.53. The summed E-state index contributed by atoms with van der Waals surface area (Å²) in [6.45, 7) is 1.20. The maximum absolute atomic E-state index is 12.3. The number of carbonyl (C=O) groups is 1. The van der Waals surface area contributed by atoms with Gasteiger partial charge in [0.1, 0.15) is 11.8 Å². The molecule has 2 aromatic rings. The molecule has 7 heteroatoms. The van der Waals surface area contributed by atoms with E-state index >= 15 is 0 Å². The van der Waals surface area contributed by atoms with Gasteiger partial charge >= 0.3 is 0 Å². The van der Waals surface area contributed by atoms with Crippen molar-refractivity contribution in [3.63, 3.8) is 0 Å². The maximum atomic E-state index is 12.3. The van der Waals surface area contributed by atoms with Crippen molar-refractivity contribution in [3.05, 3.63) is 52.0 Å². The van der Waals surface area contributed by atoms with E-state index in [2.05, 4.69) is 10.3 Å². The molecule has 0 spiro atoms. The van der Waals surface area contributed by atoms with Crippen LogP contribution in [-0.2, 0) is 11.2 Å². The highest BCUT2D eigenvalue weighted by Crippen LogP contribution is 2.29. The molecular formula is C16H20ClN3O2S. The fraction of sp³-hybridized carbons (Fsp3) is 0.375. The van der Waals surface area contributed by atoms with Crippen LogP contribution in [-0.4, -0.2) is 30.1 Å². The minimum atomic E-state index is -0.143.